The molecule has 0 saturated carbocycles. The van der Waals surface area contributed by atoms with Crippen LogP contribution in [0, 0.1) is 5.92 Å². The number of carboxylic acids is 1. The van der Waals surface area contributed by atoms with Crippen molar-refractivity contribution in [1.82, 2.24) is 14.9 Å². The van der Waals surface area contributed by atoms with Gasteiger partial charge in [-0.05, 0) is 6.42 Å². The first-order valence-corrected chi connectivity index (χ1v) is 5.58. The third-order valence-corrected chi connectivity index (χ3v) is 2.91. The van der Waals surface area contributed by atoms with Crippen molar-refractivity contribution in [1.29, 1.82) is 0 Å². The molecule has 1 unspecified atom stereocenters. The van der Waals surface area contributed by atoms with Gasteiger partial charge >= 0.3 is 5.97 Å². The van der Waals surface area contributed by atoms with E-state index in [4.69, 9.17) is 5.11 Å². The van der Waals surface area contributed by atoms with Gasteiger partial charge in [0.1, 0.15) is 5.82 Å². The molecule has 2 rings (SSSR count). The summed E-state index contributed by atoms with van der Waals surface area (Å²) in [6, 6.07) is 0. The molecule has 0 saturated heterocycles. The number of carbonyl (C=O) groups excluding carboxylic acids is 1. The Morgan fingerprint density at radius 1 is 1.65 bits per heavy atom. The molecule has 2 heterocycles. The minimum absolute atomic E-state index is 0.0978. The van der Waals surface area contributed by atoms with Crippen molar-refractivity contribution in [3.05, 3.63) is 17.7 Å². The number of aliphatic carboxylic acids is 1. The monoisotopic (exact) mass is 237 g/mol. The Balaban J connectivity index is 2.06. The molecule has 0 spiro atoms. The van der Waals surface area contributed by atoms with Crippen LogP contribution in [-0.4, -0.2) is 26.5 Å². The highest BCUT2D eigenvalue weighted by atomic mass is 16.4. The summed E-state index contributed by atoms with van der Waals surface area (Å²) in [7, 11) is 0. The second kappa shape index (κ2) is 4.57. The lowest BCUT2D eigenvalue weighted by Crippen LogP contribution is -2.26. The lowest BCUT2D eigenvalue weighted by Gasteiger charge is -2.19. The molecule has 0 radical (unpaired) electrons. The Morgan fingerprint density at radius 2 is 2.41 bits per heavy atom. The number of nitrogens with one attached hydrogen (secondary N) is 1. The van der Waals surface area contributed by atoms with Crippen LogP contribution >= 0.6 is 0 Å². The van der Waals surface area contributed by atoms with Crippen molar-refractivity contribution in [3.8, 4) is 0 Å². The van der Waals surface area contributed by atoms with Crippen molar-refractivity contribution >= 4 is 11.9 Å². The van der Waals surface area contributed by atoms with Crippen molar-refractivity contribution < 1.29 is 14.7 Å². The highest BCUT2D eigenvalue weighted by Crippen LogP contribution is 2.20. The van der Waals surface area contributed by atoms with E-state index < -0.39 is 5.97 Å². The molecule has 1 aliphatic heterocycles. The predicted molar refractivity (Wildman–Crippen MR) is 59.2 cm³/mol. The van der Waals surface area contributed by atoms with Crippen LogP contribution in [0.2, 0.25) is 0 Å². The number of carbonyl (C=O) groups is 2. The maximum absolute atomic E-state index is 10.9. The van der Waals surface area contributed by atoms with Crippen LogP contribution in [0.1, 0.15) is 24.9 Å². The molecule has 17 heavy (non-hydrogen) atoms. The normalized spacial score (nSPS) is 18.5. The first-order valence-electron chi connectivity index (χ1n) is 5.58. The third kappa shape index (κ3) is 2.64. The van der Waals surface area contributed by atoms with Gasteiger partial charge in [0.2, 0.25) is 5.91 Å². The van der Waals surface area contributed by atoms with Gasteiger partial charge in [-0.1, -0.05) is 0 Å². The summed E-state index contributed by atoms with van der Waals surface area (Å²) < 4.78 is 1.87. The molecular weight excluding hydrogens is 222 g/mol. The number of aromatic nitrogens is 2. The first kappa shape index (κ1) is 11.6. The van der Waals surface area contributed by atoms with Gasteiger partial charge in [0, 0.05) is 26.1 Å². The molecule has 0 fully saturated rings. The molecule has 1 aliphatic rings. The van der Waals surface area contributed by atoms with Gasteiger partial charge in [0.15, 0.2) is 0 Å². The van der Waals surface area contributed by atoms with Gasteiger partial charge in [-0.25, -0.2) is 4.98 Å². The van der Waals surface area contributed by atoms with E-state index in [9.17, 15) is 9.59 Å². The number of fused-ring (bicyclic) bond motifs is 1. The Morgan fingerprint density at radius 3 is 3.06 bits per heavy atom. The van der Waals surface area contributed by atoms with E-state index in [-0.39, 0.29) is 11.8 Å². The summed E-state index contributed by atoms with van der Waals surface area (Å²) in [5.74, 6) is -0.277. The molecule has 92 valence electrons. The van der Waals surface area contributed by atoms with Gasteiger partial charge < -0.3 is 15.0 Å². The molecule has 1 atom stereocenters. The molecule has 6 heteroatoms. The number of carboxylic acid groups (broad SMARTS) is 1. The quantitative estimate of drug-likeness (QED) is 0.784. The lowest BCUT2D eigenvalue weighted by molar-refractivity contribution is -0.142. The van der Waals surface area contributed by atoms with Crippen LogP contribution in [0.3, 0.4) is 0 Å². The summed E-state index contributed by atoms with van der Waals surface area (Å²) in [4.78, 5) is 26.0. The maximum atomic E-state index is 10.9. The zero-order valence-corrected chi connectivity index (χ0v) is 9.64. The minimum atomic E-state index is -0.757. The average Bonchev–Trinajstić information content (AvgIpc) is 2.67. The molecular formula is C11H15N3O3. The number of aryl methyl sites for hydroxylation is 1. The largest absolute Gasteiger partial charge is 0.481 e. The summed E-state index contributed by atoms with van der Waals surface area (Å²) in [5.41, 5.74) is 0.779. The summed E-state index contributed by atoms with van der Waals surface area (Å²) in [6.45, 7) is 2.32. The highest BCUT2D eigenvalue weighted by molar-refractivity contribution is 5.72. The Labute approximate surface area is 98.7 Å². The van der Waals surface area contributed by atoms with E-state index >= 15 is 0 Å². The summed E-state index contributed by atoms with van der Waals surface area (Å²) in [6.07, 6.45) is 3.13. The summed E-state index contributed by atoms with van der Waals surface area (Å²) in [5, 5.41) is 11.6. The molecule has 2 N–H and O–H groups in total. The number of hydrogen-bond acceptors (Lipinski definition) is 3. The number of nitrogens with zero attached hydrogens (tertiary/aromatic N) is 2. The highest BCUT2D eigenvalue weighted by Gasteiger charge is 2.25. The second-order valence-corrected chi connectivity index (χ2v) is 4.28. The third-order valence-electron chi connectivity index (χ3n) is 2.91. The zero-order chi connectivity index (χ0) is 12.4. The van der Waals surface area contributed by atoms with Crippen LogP contribution in [-0.2, 0) is 29.1 Å². The summed E-state index contributed by atoms with van der Waals surface area (Å²) >= 11 is 0. The van der Waals surface area contributed by atoms with Crippen molar-refractivity contribution in [2.45, 2.75) is 32.9 Å². The Bertz CT molecular complexity index is 453. The minimum Gasteiger partial charge on any atom is -0.481 e. The van der Waals surface area contributed by atoms with Crippen LogP contribution in [0.4, 0.5) is 0 Å². The van der Waals surface area contributed by atoms with Gasteiger partial charge in [0.25, 0.3) is 0 Å². The first-order chi connectivity index (χ1) is 8.06. The molecule has 0 aliphatic carbocycles. The maximum Gasteiger partial charge on any atom is 0.308 e. The molecule has 1 aromatic heterocycles. The topological polar surface area (TPSA) is 84.2 Å². The van der Waals surface area contributed by atoms with Gasteiger partial charge in [-0.2, -0.15) is 0 Å². The fourth-order valence-electron chi connectivity index (χ4n) is 2.00. The van der Waals surface area contributed by atoms with E-state index in [1.54, 1.807) is 0 Å². The SMILES string of the molecule is CC(=O)NCc1cn2c(n1)CCC(C(=O)O)C2. The van der Waals surface area contributed by atoms with E-state index in [0.29, 0.717) is 25.9 Å². The van der Waals surface area contributed by atoms with Gasteiger partial charge in [-0.15, -0.1) is 0 Å². The lowest BCUT2D eigenvalue weighted by atomic mass is 10.00. The van der Waals surface area contributed by atoms with Crippen molar-refractivity contribution in [3.63, 3.8) is 0 Å². The molecule has 0 bridgehead atoms. The molecule has 6 nitrogen and oxygen atoms in total. The van der Waals surface area contributed by atoms with Crippen LogP contribution < -0.4 is 5.32 Å². The van der Waals surface area contributed by atoms with Crippen LogP contribution in [0.5, 0.6) is 0 Å². The van der Waals surface area contributed by atoms with Gasteiger partial charge in [-0.3, -0.25) is 9.59 Å². The zero-order valence-electron chi connectivity index (χ0n) is 9.64. The van der Waals surface area contributed by atoms with Crippen LogP contribution in [0.25, 0.3) is 0 Å². The molecule has 1 aromatic rings. The number of rotatable bonds is 3. The molecule has 1 amide bonds. The Hall–Kier alpha value is -1.85. The van der Waals surface area contributed by atoms with E-state index in [2.05, 4.69) is 10.3 Å². The number of amides is 1. The van der Waals surface area contributed by atoms with Crippen molar-refractivity contribution in [2.24, 2.45) is 5.92 Å². The Kier molecular flexibility index (Phi) is 3.12. The fraction of sp³-hybridized carbons (Fsp3) is 0.545. The number of hydrogen-bond donors (Lipinski definition) is 2. The number of imidazole rings is 1. The smallest absolute Gasteiger partial charge is 0.308 e. The van der Waals surface area contributed by atoms with Crippen LogP contribution in [0.15, 0.2) is 6.20 Å². The fourth-order valence-corrected chi connectivity index (χ4v) is 2.00. The standard InChI is InChI=1S/C11H15N3O3/c1-7(15)12-4-9-6-14-5-8(11(16)17)2-3-10(14)13-9/h6,8H,2-5H2,1H3,(H,12,15)(H,16,17). The average molecular weight is 237 g/mol. The second-order valence-electron chi connectivity index (χ2n) is 4.28. The molecule has 0 aromatic carbocycles. The van der Waals surface area contributed by atoms with Crippen molar-refractivity contribution in [2.75, 3.05) is 0 Å². The van der Waals surface area contributed by atoms with E-state index in [1.807, 2.05) is 10.8 Å². The van der Waals surface area contributed by atoms with Gasteiger partial charge in [0.05, 0.1) is 18.2 Å². The van der Waals surface area contributed by atoms with E-state index in [0.717, 1.165) is 11.5 Å². The predicted octanol–water partition coefficient (Wildman–Crippen LogP) is 0.166. The van der Waals surface area contributed by atoms with E-state index in [1.165, 1.54) is 6.92 Å².